The number of nitrogens with two attached hydrogens (primary N) is 1. The average Bonchev–Trinajstić information content (AvgIpc) is 2.45. The second kappa shape index (κ2) is 7.07. The number of carbonyl (C=O) groups excluding carboxylic acids is 1. The van der Waals surface area contributed by atoms with Gasteiger partial charge in [0, 0.05) is 13.6 Å². The highest BCUT2D eigenvalue weighted by molar-refractivity contribution is 7.89. The number of methoxy groups -OCH3 is 1. The highest BCUT2D eigenvalue weighted by Crippen LogP contribution is 2.32. The van der Waals surface area contributed by atoms with Crippen molar-refractivity contribution in [1.82, 2.24) is 4.31 Å². The van der Waals surface area contributed by atoms with E-state index in [1.807, 2.05) is 13.8 Å². The fourth-order valence-corrected chi connectivity index (χ4v) is 4.98. The van der Waals surface area contributed by atoms with Crippen molar-refractivity contribution in [3.63, 3.8) is 0 Å². The Morgan fingerprint density at radius 3 is 2.43 bits per heavy atom. The molecule has 1 rings (SSSR count). The smallest absolute Gasteiger partial charge is 0.310 e. The van der Waals surface area contributed by atoms with Crippen LogP contribution in [0.5, 0.6) is 0 Å². The zero-order chi connectivity index (χ0) is 16.3. The van der Waals surface area contributed by atoms with Crippen molar-refractivity contribution in [2.75, 3.05) is 27.2 Å². The van der Waals surface area contributed by atoms with Crippen molar-refractivity contribution in [1.29, 1.82) is 0 Å². The minimum Gasteiger partial charge on any atom is -0.469 e. The first-order valence-corrected chi connectivity index (χ1v) is 8.89. The van der Waals surface area contributed by atoms with E-state index >= 15 is 0 Å². The van der Waals surface area contributed by atoms with Crippen LogP contribution in [0.4, 0.5) is 0 Å². The van der Waals surface area contributed by atoms with E-state index in [-0.39, 0.29) is 5.41 Å². The van der Waals surface area contributed by atoms with Crippen molar-refractivity contribution >= 4 is 16.0 Å². The summed E-state index contributed by atoms with van der Waals surface area (Å²) in [5.74, 6) is -0.980. The maximum atomic E-state index is 12.8. The molecule has 1 aliphatic carbocycles. The van der Waals surface area contributed by atoms with Gasteiger partial charge in [-0.2, -0.15) is 0 Å². The maximum Gasteiger partial charge on any atom is 0.310 e. The Morgan fingerprint density at radius 1 is 1.33 bits per heavy atom. The third-order valence-corrected chi connectivity index (χ3v) is 6.55. The van der Waals surface area contributed by atoms with E-state index in [1.165, 1.54) is 11.4 Å². The molecular weight excluding hydrogens is 292 g/mol. The Balaban J connectivity index is 2.95. The van der Waals surface area contributed by atoms with Crippen LogP contribution in [-0.4, -0.2) is 51.2 Å². The molecule has 7 heteroatoms. The van der Waals surface area contributed by atoms with Gasteiger partial charge in [0.25, 0.3) is 0 Å². The molecule has 0 spiro atoms. The lowest BCUT2D eigenvalue weighted by atomic mass is 9.89. The Bertz CT molecular complexity index is 462. The van der Waals surface area contributed by atoms with Gasteiger partial charge in [-0.3, -0.25) is 4.79 Å². The van der Waals surface area contributed by atoms with Crippen LogP contribution >= 0.6 is 0 Å². The van der Waals surface area contributed by atoms with Crippen LogP contribution < -0.4 is 5.73 Å². The van der Waals surface area contributed by atoms with E-state index in [4.69, 9.17) is 10.5 Å². The van der Waals surface area contributed by atoms with Gasteiger partial charge in [0.15, 0.2) is 0 Å². The number of carbonyl (C=O) groups is 1. The fourth-order valence-electron chi connectivity index (χ4n) is 2.86. The average molecular weight is 320 g/mol. The third-order valence-electron chi connectivity index (χ3n) is 4.23. The summed E-state index contributed by atoms with van der Waals surface area (Å²) in [7, 11) is -0.660. The molecular formula is C14H28N2O4S. The number of hydrogen-bond acceptors (Lipinski definition) is 5. The second-order valence-corrected chi connectivity index (χ2v) is 8.88. The van der Waals surface area contributed by atoms with Gasteiger partial charge in [0.1, 0.15) is 0 Å². The third kappa shape index (κ3) is 4.40. The first-order chi connectivity index (χ1) is 9.65. The van der Waals surface area contributed by atoms with Crippen LogP contribution in [0.25, 0.3) is 0 Å². The van der Waals surface area contributed by atoms with Crippen molar-refractivity contribution < 1.29 is 17.9 Å². The van der Waals surface area contributed by atoms with E-state index in [9.17, 15) is 13.2 Å². The van der Waals surface area contributed by atoms with Crippen LogP contribution in [0.1, 0.15) is 39.5 Å². The van der Waals surface area contributed by atoms with Gasteiger partial charge in [0.2, 0.25) is 10.0 Å². The molecule has 2 atom stereocenters. The van der Waals surface area contributed by atoms with Crippen molar-refractivity contribution in [2.45, 2.75) is 44.8 Å². The van der Waals surface area contributed by atoms with E-state index in [1.54, 1.807) is 7.05 Å². The van der Waals surface area contributed by atoms with Gasteiger partial charge in [-0.25, -0.2) is 12.7 Å². The summed E-state index contributed by atoms with van der Waals surface area (Å²) in [6.45, 7) is 4.60. The predicted molar refractivity (Wildman–Crippen MR) is 82.1 cm³/mol. The molecule has 1 aliphatic rings. The standard InChI is InChI=1S/C14H28N2O4S/c1-14(2,9-15)10-16(3)21(18,19)12-8-6-5-7-11(12)13(17)20-4/h11-12H,5-10,15H2,1-4H3. The Hall–Kier alpha value is -0.660. The maximum absolute atomic E-state index is 12.8. The highest BCUT2D eigenvalue weighted by atomic mass is 32.2. The minimum absolute atomic E-state index is 0.294. The number of sulfonamides is 1. The minimum atomic E-state index is -3.53. The number of hydrogen-bond donors (Lipinski definition) is 1. The molecule has 2 N–H and O–H groups in total. The summed E-state index contributed by atoms with van der Waals surface area (Å²) >= 11 is 0. The summed E-state index contributed by atoms with van der Waals surface area (Å²) in [6.07, 6.45) is 2.77. The van der Waals surface area contributed by atoms with Crippen molar-refractivity contribution in [2.24, 2.45) is 17.1 Å². The van der Waals surface area contributed by atoms with E-state index < -0.39 is 27.2 Å². The molecule has 0 amide bonds. The van der Waals surface area contributed by atoms with Gasteiger partial charge in [-0.15, -0.1) is 0 Å². The van der Waals surface area contributed by atoms with Gasteiger partial charge in [-0.05, 0) is 24.8 Å². The Labute approximate surface area is 128 Å². The number of esters is 1. The van der Waals surface area contributed by atoms with Gasteiger partial charge in [-0.1, -0.05) is 26.7 Å². The molecule has 0 aliphatic heterocycles. The summed E-state index contributed by atoms with van der Waals surface area (Å²) < 4.78 is 31.7. The lowest BCUT2D eigenvalue weighted by molar-refractivity contribution is -0.146. The fraction of sp³-hybridized carbons (Fsp3) is 0.929. The topological polar surface area (TPSA) is 89.7 Å². The lowest BCUT2D eigenvalue weighted by Gasteiger charge is -2.35. The van der Waals surface area contributed by atoms with Crippen LogP contribution in [0.3, 0.4) is 0 Å². The first kappa shape index (κ1) is 18.4. The Morgan fingerprint density at radius 2 is 1.90 bits per heavy atom. The molecule has 0 saturated heterocycles. The molecule has 0 heterocycles. The molecule has 0 aromatic rings. The summed E-state index contributed by atoms with van der Waals surface area (Å²) in [4.78, 5) is 11.9. The quantitative estimate of drug-likeness (QED) is 0.736. The molecule has 1 saturated carbocycles. The summed E-state index contributed by atoms with van der Waals surface area (Å²) in [5.41, 5.74) is 5.38. The van der Waals surface area contributed by atoms with Crippen LogP contribution in [0.15, 0.2) is 0 Å². The largest absolute Gasteiger partial charge is 0.469 e. The van der Waals surface area contributed by atoms with Crippen LogP contribution in [-0.2, 0) is 19.6 Å². The summed E-state index contributed by atoms with van der Waals surface area (Å²) in [6, 6.07) is 0. The first-order valence-electron chi connectivity index (χ1n) is 7.39. The highest BCUT2D eigenvalue weighted by Gasteiger charge is 2.42. The number of rotatable bonds is 6. The second-order valence-electron chi connectivity index (χ2n) is 6.62. The zero-order valence-corrected chi connectivity index (χ0v) is 14.3. The molecule has 6 nitrogen and oxygen atoms in total. The molecule has 0 aromatic carbocycles. The molecule has 0 bridgehead atoms. The normalized spacial score (nSPS) is 24.1. The molecule has 0 aromatic heterocycles. The monoisotopic (exact) mass is 320 g/mol. The van der Waals surface area contributed by atoms with Gasteiger partial charge >= 0.3 is 5.97 Å². The molecule has 124 valence electrons. The number of nitrogens with zero attached hydrogens (tertiary/aromatic N) is 1. The van der Waals surface area contributed by atoms with Gasteiger partial charge in [0.05, 0.1) is 18.3 Å². The molecule has 0 radical (unpaired) electrons. The summed E-state index contributed by atoms with van der Waals surface area (Å²) in [5, 5.41) is -0.683. The van der Waals surface area contributed by atoms with Gasteiger partial charge < -0.3 is 10.5 Å². The Kier molecular flexibility index (Phi) is 6.19. The predicted octanol–water partition coefficient (Wildman–Crippen LogP) is 0.965. The van der Waals surface area contributed by atoms with E-state index in [0.717, 1.165) is 12.8 Å². The lowest BCUT2D eigenvalue weighted by Crippen LogP contribution is -2.48. The van der Waals surface area contributed by atoms with E-state index in [0.29, 0.717) is 25.9 Å². The van der Waals surface area contributed by atoms with Crippen LogP contribution in [0, 0.1) is 11.3 Å². The zero-order valence-electron chi connectivity index (χ0n) is 13.5. The van der Waals surface area contributed by atoms with Crippen molar-refractivity contribution in [3.05, 3.63) is 0 Å². The SMILES string of the molecule is COC(=O)C1CCCCC1S(=O)(=O)N(C)CC(C)(C)CN. The molecule has 21 heavy (non-hydrogen) atoms. The molecule has 2 unspecified atom stereocenters. The molecule has 1 fully saturated rings. The van der Waals surface area contributed by atoms with Crippen molar-refractivity contribution in [3.8, 4) is 0 Å². The van der Waals surface area contributed by atoms with E-state index in [2.05, 4.69) is 0 Å². The number of ether oxygens (including phenoxy) is 1. The van der Waals surface area contributed by atoms with Crippen LogP contribution in [0.2, 0.25) is 0 Å².